The van der Waals surface area contributed by atoms with E-state index in [0.717, 1.165) is 5.69 Å². The Morgan fingerprint density at radius 1 is 1.10 bits per heavy atom. The number of aromatic nitrogens is 4. The first-order valence-corrected chi connectivity index (χ1v) is 17.3. The lowest BCUT2D eigenvalue weighted by Crippen LogP contribution is -2.62. The number of fused-ring (bicyclic) bond motifs is 1. The van der Waals surface area contributed by atoms with Crippen molar-refractivity contribution in [3.8, 4) is 11.4 Å². The van der Waals surface area contributed by atoms with Crippen LogP contribution in [0.2, 0.25) is 5.82 Å². The number of rotatable bonds is 8. The highest BCUT2D eigenvalue weighted by molar-refractivity contribution is 6.15. The quantitative estimate of drug-likeness (QED) is 0.172. The lowest BCUT2D eigenvalue weighted by molar-refractivity contribution is -0.171. The minimum absolute atomic E-state index is 0.0847. The molecule has 14 heteroatoms. The summed E-state index contributed by atoms with van der Waals surface area (Å²) in [5, 5.41) is 8.46. The number of hydrogen-bond acceptors (Lipinski definition) is 10. The van der Waals surface area contributed by atoms with Gasteiger partial charge < -0.3 is 19.1 Å². The molecule has 0 N–H and O–H groups in total. The number of carbonyl (C=O) groups excluding carboxylic acids is 4. The first kappa shape index (κ1) is 38.0. The number of ketones is 1. The van der Waals surface area contributed by atoms with Gasteiger partial charge in [0.2, 0.25) is 5.91 Å². The fourth-order valence-electron chi connectivity index (χ4n) is 7.37. The second-order valence-electron chi connectivity index (χ2n) is 14.0. The highest BCUT2D eigenvalue weighted by Crippen LogP contribution is 2.41. The van der Waals surface area contributed by atoms with Crippen LogP contribution in [0.5, 0.6) is 0 Å². The molecular weight excluding hydrogens is 627 g/mol. The first-order valence-electron chi connectivity index (χ1n) is 17.3. The van der Waals surface area contributed by atoms with Crippen molar-refractivity contribution in [2.45, 2.75) is 122 Å². The van der Waals surface area contributed by atoms with Crippen LogP contribution in [-0.2, 0) is 35.1 Å². The number of unbranched alkanes of at least 4 members (excludes halogenated alkanes) is 1. The van der Waals surface area contributed by atoms with Gasteiger partial charge in [0.1, 0.15) is 23.5 Å². The van der Waals surface area contributed by atoms with Crippen molar-refractivity contribution in [1.82, 2.24) is 29.8 Å². The van der Waals surface area contributed by atoms with E-state index in [4.69, 9.17) is 22.1 Å². The SMILES string of the molecule is [B][C@@H]1CC(=O)[C@@H](C)C(=O)O[C@H](CC)[C@@]2(C)OC(=O)N(CCCCn3cc(-c4ccccn4)nn3)[C@@H]2[C@@H](C)N(C(C)=O)C[C@H](C)C[C@]1(C)OC. The fourth-order valence-corrected chi connectivity index (χ4v) is 7.37. The van der Waals surface area contributed by atoms with Crippen LogP contribution in [0.25, 0.3) is 11.4 Å². The Labute approximate surface area is 290 Å². The minimum Gasteiger partial charge on any atom is -0.458 e. The number of ether oxygens (including phenoxy) is 3. The molecule has 2 fully saturated rings. The van der Waals surface area contributed by atoms with Gasteiger partial charge in [0.05, 0.1) is 37.4 Å². The van der Waals surface area contributed by atoms with Gasteiger partial charge in [-0.3, -0.25) is 28.9 Å². The van der Waals surface area contributed by atoms with Crippen molar-refractivity contribution >= 4 is 31.6 Å². The largest absolute Gasteiger partial charge is 0.458 e. The molecule has 2 saturated heterocycles. The molecule has 4 rings (SSSR count). The number of pyridine rings is 1. The molecule has 2 amide bonds. The third-order valence-electron chi connectivity index (χ3n) is 10.4. The van der Waals surface area contributed by atoms with Gasteiger partial charge in [-0.25, -0.2) is 4.79 Å². The van der Waals surface area contributed by atoms with Crippen molar-refractivity contribution in [3.05, 3.63) is 30.6 Å². The smallest absolute Gasteiger partial charge is 0.410 e. The number of Topliss-reactive ketones (excluding diaryl/α,β-unsaturated/α-hetero) is 1. The number of methoxy groups -OCH3 is 1. The van der Waals surface area contributed by atoms with Gasteiger partial charge >= 0.3 is 12.1 Å². The number of carbonyl (C=O) groups is 4. The summed E-state index contributed by atoms with van der Waals surface area (Å²) in [6.07, 6.45) is 4.08. The van der Waals surface area contributed by atoms with Crippen molar-refractivity contribution in [3.63, 3.8) is 0 Å². The second-order valence-corrected chi connectivity index (χ2v) is 14.0. The lowest BCUT2D eigenvalue weighted by Gasteiger charge is -2.44. The molecule has 2 aliphatic rings. The van der Waals surface area contributed by atoms with Crippen molar-refractivity contribution in [1.29, 1.82) is 0 Å². The summed E-state index contributed by atoms with van der Waals surface area (Å²) in [4.78, 5) is 61.5. The van der Waals surface area contributed by atoms with Crippen LogP contribution in [-0.4, -0.2) is 111 Å². The average Bonchev–Trinajstić information content (AvgIpc) is 3.65. The maximum atomic E-state index is 13.7. The molecule has 2 aromatic rings. The van der Waals surface area contributed by atoms with Gasteiger partial charge in [0, 0.05) is 46.3 Å². The fraction of sp³-hybridized carbons (Fsp3) is 0.686. The molecule has 2 radical (unpaired) electrons. The molecule has 2 aromatic heterocycles. The molecule has 0 aliphatic carbocycles. The van der Waals surface area contributed by atoms with E-state index in [0.29, 0.717) is 51.0 Å². The monoisotopic (exact) mass is 678 g/mol. The van der Waals surface area contributed by atoms with Gasteiger partial charge in [-0.15, -0.1) is 5.10 Å². The zero-order valence-electron chi connectivity index (χ0n) is 30.1. The van der Waals surface area contributed by atoms with Gasteiger partial charge in [-0.2, -0.15) is 0 Å². The zero-order chi connectivity index (χ0) is 36.1. The highest BCUT2D eigenvalue weighted by Gasteiger charge is 2.59. The van der Waals surface area contributed by atoms with Crippen molar-refractivity contribution in [2.75, 3.05) is 20.2 Å². The topological polar surface area (TPSA) is 146 Å². The Kier molecular flexibility index (Phi) is 12.3. The molecule has 0 bridgehead atoms. The molecule has 266 valence electrons. The van der Waals surface area contributed by atoms with Crippen LogP contribution < -0.4 is 0 Å². The van der Waals surface area contributed by atoms with Crippen LogP contribution in [0.1, 0.15) is 80.6 Å². The number of cyclic esters (lactones) is 1. The number of esters is 1. The predicted molar refractivity (Wildman–Crippen MR) is 182 cm³/mol. The van der Waals surface area contributed by atoms with Crippen LogP contribution >= 0.6 is 0 Å². The molecule has 49 heavy (non-hydrogen) atoms. The van der Waals surface area contributed by atoms with Gasteiger partial charge in [0.15, 0.2) is 5.60 Å². The van der Waals surface area contributed by atoms with E-state index >= 15 is 0 Å². The third-order valence-corrected chi connectivity index (χ3v) is 10.4. The van der Waals surface area contributed by atoms with Crippen LogP contribution in [0.4, 0.5) is 4.79 Å². The summed E-state index contributed by atoms with van der Waals surface area (Å²) in [7, 11) is 8.09. The molecule has 0 aromatic carbocycles. The summed E-state index contributed by atoms with van der Waals surface area (Å²) in [5.74, 6) is -3.10. The molecule has 0 spiro atoms. The molecule has 2 aliphatic heterocycles. The number of hydrogen-bond donors (Lipinski definition) is 0. The summed E-state index contributed by atoms with van der Waals surface area (Å²) in [6, 6.07) is 4.42. The normalized spacial score (nSPS) is 31.8. The number of aryl methyl sites for hydroxylation is 1. The van der Waals surface area contributed by atoms with E-state index in [1.165, 1.54) is 13.8 Å². The molecule has 4 heterocycles. The Balaban J connectivity index is 1.62. The first-order chi connectivity index (χ1) is 23.1. The Bertz CT molecular complexity index is 1480. The molecule has 13 nitrogen and oxygen atoms in total. The molecular formula is C35H51BN6O7. The summed E-state index contributed by atoms with van der Waals surface area (Å²) in [6.45, 7) is 13.6. The van der Waals surface area contributed by atoms with Gasteiger partial charge in [-0.1, -0.05) is 25.1 Å². The zero-order valence-corrected chi connectivity index (χ0v) is 30.1. The number of nitrogens with zero attached hydrogens (tertiary/aromatic N) is 6. The standard InChI is InChI=1S/C35H51BN6O7/c1-9-30-35(7)31(41(33(46)49-35)17-13-12-16-40-21-27(38-39-40)26-14-10-11-15-37-26)24(4)42(25(5)43)20-22(2)19-34(6,47-8)29(36)18-28(44)23(3)32(45)48-30/h10-11,14-15,21-24,29-31H,9,12-13,16-20H2,1-8H3/t22-,23-,24-,29-,30-,31-,34+,35-/m1/s1. The second kappa shape index (κ2) is 15.8. The van der Waals surface area contributed by atoms with E-state index in [1.807, 2.05) is 52.1 Å². The number of amides is 2. The summed E-state index contributed by atoms with van der Waals surface area (Å²) in [5.41, 5.74) is -0.810. The summed E-state index contributed by atoms with van der Waals surface area (Å²) >= 11 is 0. The molecule has 0 saturated carbocycles. The van der Waals surface area contributed by atoms with Gasteiger partial charge in [-0.05, 0) is 77.2 Å². The van der Waals surface area contributed by atoms with E-state index in [1.54, 1.807) is 34.7 Å². The lowest BCUT2D eigenvalue weighted by atomic mass is 9.67. The van der Waals surface area contributed by atoms with E-state index in [2.05, 4.69) is 15.3 Å². The molecule has 0 unspecified atom stereocenters. The minimum atomic E-state index is -1.32. The maximum Gasteiger partial charge on any atom is 0.410 e. The Morgan fingerprint density at radius 2 is 1.82 bits per heavy atom. The Hall–Kier alpha value is -3.81. The predicted octanol–water partition coefficient (Wildman–Crippen LogP) is 4.26. The van der Waals surface area contributed by atoms with E-state index < -0.39 is 53.2 Å². The van der Waals surface area contributed by atoms with Crippen LogP contribution in [0.15, 0.2) is 30.6 Å². The Morgan fingerprint density at radius 3 is 2.45 bits per heavy atom. The molecule has 8 atom stereocenters. The van der Waals surface area contributed by atoms with E-state index in [9.17, 15) is 19.2 Å². The van der Waals surface area contributed by atoms with Crippen LogP contribution in [0.3, 0.4) is 0 Å². The third kappa shape index (κ3) is 8.33. The van der Waals surface area contributed by atoms with Gasteiger partial charge in [0.25, 0.3) is 0 Å². The summed E-state index contributed by atoms with van der Waals surface area (Å²) < 4.78 is 19.8. The van der Waals surface area contributed by atoms with Crippen LogP contribution in [0, 0.1) is 11.8 Å². The highest BCUT2D eigenvalue weighted by atomic mass is 16.6. The van der Waals surface area contributed by atoms with E-state index in [-0.39, 0.29) is 24.0 Å². The average molecular weight is 679 g/mol. The maximum absolute atomic E-state index is 13.7. The van der Waals surface area contributed by atoms with Crippen molar-refractivity contribution in [2.24, 2.45) is 11.8 Å². The van der Waals surface area contributed by atoms with Crippen molar-refractivity contribution < 1.29 is 33.4 Å².